The summed E-state index contributed by atoms with van der Waals surface area (Å²) < 4.78 is 0. The van der Waals surface area contributed by atoms with Gasteiger partial charge in [0.05, 0.1) is 11.8 Å². The first kappa shape index (κ1) is 16.4. The summed E-state index contributed by atoms with van der Waals surface area (Å²) in [5, 5.41) is 3.18. The summed E-state index contributed by atoms with van der Waals surface area (Å²) >= 11 is 1.20. The van der Waals surface area contributed by atoms with Crippen molar-refractivity contribution in [1.82, 2.24) is 15.3 Å². The van der Waals surface area contributed by atoms with Gasteiger partial charge in [0.2, 0.25) is 5.91 Å². The van der Waals surface area contributed by atoms with Gasteiger partial charge < -0.3 is 11.1 Å². The Hall–Kier alpha value is -1.63. The van der Waals surface area contributed by atoms with Gasteiger partial charge in [-0.1, -0.05) is 25.6 Å². The average Bonchev–Trinajstić information content (AvgIpc) is 2.31. The second kappa shape index (κ2) is 7.23. The van der Waals surface area contributed by atoms with Gasteiger partial charge in [0.25, 0.3) is 0 Å². The van der Waals surface area contributed by atoms with Crippen LogP contribution in [0.1, 0.15) is 26.5 Å². The van der Waals surface area contributed by atoms with E-state index in [1.165, 1.54) is 18.7 Å². The Balaban J connectivity index is 2.56. The van der Waals surface area contributed by atoms with Crippen molar-refractivity contribution in [1.29, 1.82) is 0 Å². The SMILES string of the molecule is CC(=O)C(NC(=O)CSc1nc(C)cc(N)n1)C(C)C. The molecule has 1 rings (SSSR count). The molecule has 3 N–H and O–H groups in total. The van der Waals surface area contributed by atoms with Crippen molar-refractivity contribution in [3.8, 4) is 0 Å². The standard InChI is InChI=1S/C13H20N4O2S/c1-7(2)12(9(4)18)17-11(19)6-20-13-15-8(3)5-10(14)16-13/h5,7,12H,6H2,1-4H3,(H,17,19)(H2,14,15,16). The number of nitrogens with one attached hydrogen (secondary N) is 1. The highest BCUT2D eigenvalue weighted by molar-refractivity contribution is 7.99. The molecule has 0 radical (unpaired) electrons. The molecule has 0 aromatic carbocycles. The number of rotatable bonds is 6. The fourth-order valence-corrected chi connectivity index (χ4v) is 2.43. The molecule has 1 unspecified atom stereocenters. The maximum atomic E-state index is 11.8. The molecule has 0 saturated heterocycles. The Labute approximate surface area is 122 Å². The molecule has 0 bridgehead atoms. The first-order valence-electron chi connectivity index (χ1n) is 6.33. The minimum atomic E-state index is -0.452. The minimum absolute atomic E-state index is 0.0469. The smallest absolute Gasteiger partial charge is 0.231 e. The molecule has 1 atom stereocenters. The lowest BCUT2D eigenvalue weighted by molar-refractivity contribution is -0.126. The van der Waals surface area contributed by atoms with Gasteiger partial charge in [-0.15, -0.1) is 0 Å². The van der Waals surface area contributed by atoms with E-state index in [-0.39, 0.29) is 23.4 Å². The lowest BCUT2D eigenvalue weighted by atomic mass is 10.0. The molecule has 0 spiro atoms. The van der Waals surface area contributed by atoms with E-state index >= 15 is 0 Å². The first-order valence-corrected chi connectivity index (χ1v) is 7.32. The van der Waals surface area contributed by atoms with Crippen molar-refractivity contribution >= 4 is 29.3 Å². The normalized spacial score (nSPS) is 12.2. The molecule has 1 amide bonds. The van der Waals surface area contributed by atoms with Gasteiger partial charge >= 0.3 is 0 Å². The van der Waals surface area contributed by atoms with Gasteiger partial charge in [-0.2, -0.15) is 0 Å². The molecule has 1 aromatic rings. The summed E-state index contributed by atoms with van der Waals surface area (Å²) in [7, 11) is 0. The molecule has 6 nitrogen and oxygen atoms in total. The number of thioether (sulfide) groups is 1. The Morgan fingerprint density at radius 1 is 1.40 bits per heavy atom. The summed E-state index contributed by atoms with van der Waals surface area (Å²) in [4.78, 5) is 31.5. The van der Waals surface area contributed by atoms with Crippen LogP contribution in [-0.2, 0) is 9.59 Å². The third-order valence-corrected chi connectivity index (χ3v) is 3.45. The molecule has 0 aliphatic rings. The molecule has 0 saturated carbocycles. The van der Waals surface area contributed by atoms with E-state index < -0.39 is 6.04 Å². The van der Waals surface area contributed by atoms with Crippen LogP contribution in [0.25, 0.3) is 0 Å². The lowest BCUT2D eigenvalue weighted by Crippen LogP contribution is -2.44. The zero-order chi connectivity index (χ0) is 15.3. The molecule has 110 valence electrons. The van der Waals surface area contributed by atoms with Crippen LogP contribution in [0, 0.1) is 12.8 Å². The second-order valence-corrected chi connectivity index (χ2v) is 5.85. The first-order chi connectivity index (χ1) is 9.29. The molecule has 20 heavy (non-hydrogen) atoms. The van der Waals surface area contributed by atoms with Crippen LogP contribution in [0.15, 0.2) is 11.2 Å². The predicted molar refractivity (Wildman–Crippen MR) is 79.4 cm³/mol. The maximum absolute atomic E-state index is 11.8. The van der Waals surface area contributed by atoms with E-state index in [0.29, 0.717) is 11.0 Å². The van der Waals surface area contributed by atoms with Crippen LogP contribution in [-0.4, -0.2) is 33.5 Å². The van der Waals surface area contributed by atoms with Crippen molar-refractivity contribution in [3.05, 3.63) is 11.8 Å². The Morgan fingerprint density at radius 3 is 2.55 bits per heavy atom. The molecular weight excluding hydrogens is 276 g/mol. The van der Waals surface area contributed by atoms with E-state index in [0.717, 1.165) is 5.69 Å². The highest BCUT2D eigenvalue weighted by Gasteiger charge is 2.20. The van der Waals surface area contributed by atoms with Crippen LogP contribution >= 0.6 is 11.8 Å². The van der Waals surface area contributed by atoms with Crippen LogP contribution in [0.5, 0.6) is 0 Å². The lowest BCUT2D eigenvalue weighted by Gasteiger charge is -2.19. The highest BCUT2D eigenvalue weighted by Crippen LogP contribution is 2.15. The number of aryl methyl sites for hydroxylation is 1. The third-order valence-electron chi connectivity index (χ3n) is 2.61. The van der Waals surface area contributed by atoms with Gasteiger partial charge in [-0.3, -0.25) is 9.59 Å². The van der Waals surface area contributed by atoms with Gasteiger partial charge in [-0.25, -0.2) is 9.97 Å². The van der Waals surface area contributed by atoms with E-state index in [2.05, 4.69) is 15.3 Å². The number of carbonyl (C=O) groups excluding carboxylic acids is 2. The number of ketones is 1. The Kier molecular flexibility index (Phi) is 5.94. The van der Waals surface area contributed by atoms with Gasteiger partial charge in [-0.05, 0) is 19.8 Å². The second-order valence-electron chi connectivity index (χ2n) is 4.91. The summed E-state index contributed by atoms with van der Waals surface area (Å²) in [6.07, 6.45) is 0. The number of amides is 1. The van der Waals surface area contributed by atoms with Gasteiger partial charge in [0, 0.05) is 11.8 Å². The van der Waals surface area contributed by atoms with Crippen molar-refractivity contribution < 1.29 is 9.59 Å². The fourth-order valence-electron chi connectivity index (χ4n) is 1.71. The number of nitrogens with zero attached hydrogens (tertiary/aromatic N) is 2. The van der Waals surface area contributed by atoms with Crippen LogP contribution in [0.2, 0.25) is 0 Å². The monoisotopic (exact) mass is 296 g/mol. The number of carbonyl (C=O) groups is 2. The zero-order valence-corrected chi connectivity index (χ0v) is 13.0. The van der Waals surface area contributed by atoms with Gasteiger partial charge in [0.15, 0.2) is 10.9 Å². The van der Waals surface area contributed by atoms with Crippen molar-refractivity contribution in [2.45, 2.75) is 38.9 Å². The predicted octanol–water partition coefficient (Wildman–Crippen LogP) is 1.19. The fraction of sp³-hybridized carbons (Fsp3) is 0.538. The maximum Gasteiger partial charge on any atom is 0.231 e. The average molecular weight is 296 g/mol. The van der Waals surface area contributed by atoms with E-state index in [9.17, 15) is 9.59 Å². The van der Waals surface area contributed by atoms with E-state index in [4.69, 9.17) is 5.73 Å². The molecule has 1 aromatic heterocycles. The quantitative estimate of drug-likeness (QED) is 0.604. The summed E-state index contributed by atoms with van der Waals surface area (Å²) in [5.41, 5.74) is 6.37. The van der Waals surface area contributed by atoms with Crippen LogP contribution in [0.4, 0.5) is 5.82 Å². The molecule has 0 aliphatic carbocycles. The number of Topliss-reactive ketones (excluding diaryl/α,β-unsaturated/α-hetero) is 1. The molecular formula is C13H20N4O2S. The molecule has 0 aliphatic heterocycles. The number of nitrogens with two attached hydrogens (primary N) is 1. The summed E-state index contributed by atoms with van der Waals surface area (Å²) in [6, 6.07) is 1.21. The Morgan fingerprint density at radius 2 is 2.05 bits per heavy atom. The highest BCUT2D eigenvalue weighted by atomic mass is 32.2. The number of hydrogen-bond donors (Lipinski definition) is 2. The topological polar surface area (TPSA) is 98.0 Å². The summed E-state index contributed by atoms with van der Waals surface area (Å²) in [6.45, 7) is 7.07. The number of hydrogen-bond acceptors (Lipinski definition) is 6. The largest absolute Gasteiger partial charge is 0.384 e. The van der Waals surface area contributed by atoms with E-state index in [1.54, 1.807) is 6.07 Å². The van der Waals surface area contributed by atoms with Crippen molar-refractivity contribution in [2.75, 3.05) is 11.5 Å². The molecule has 0 fully saturated rings. The number of aromatic nitrogens is 2. The van der Waals surface area contributed by atoms with Crippen LogP contribution in [0.3, 0.4) is 0 Å². The number of anilines is 1. The van der Waals surface area contributed by atoms with E-state index in [1.807, 2.05) is 20.8 Å². The summed E-state index contributed by atoms with van der Waals surface area (Å²) in [5.74, 6) is 0.331. The van der Waals surface area contributed by atoms with Crippen LogP contribution < -0.4 is 11.1 Å². The zero-order valence-electron chi connectivity index (χ0n) is 12.1. The number of nitrogen functional groups attached to an aromatic ring is 1. The minimum Gasteiger partial charge on any atom is -0.384 e. The molecule has 7 heteroatoms. The molecule has 1 heterocycles. The van der Waals surface area contributed by atoms with Crippen molar-refractivity contribution in [3.63, 3.8) is 0 Å². The Bertz CT molecular complexity index is 485. The van der Waals surface area contributed by atoms with Gasteiger partial charge in [0.1, 0.15) is 5.82 Å². The van der Waals surface area contributed by atoms with Crippen molar-refractivity contribution in [2.24, 2.45) is 5.92 Å². The third kappa shape index (κ3) is 5.16.